The maximum Gasteiger partial charge on any atom is 0.243 e. The van der Waals surface area contributed by atoms with E-state index in [9.17, 15) is 4.79 Å². The molecule has 3 rings (SSSR count). The highest BCUT2D eigenvalue weighted by atomic mass is 16.2. The molecule has 0 spiro atoms. The number of nitrogens with one attached hydrogen (secondary N) is 1. The van der Waals surface area contributed by atoms with E-state index in [0.29, 0.717) is 0 Å². The molecule has 0 aliphatic rings. The van der Waals surface area contributed by atoms with Crippen LogP contribution in [-0.2, 0) is 4.79 Å². The zero-order valence-electron chi connectivity index (χ0n) is 16.1. The van der Waals surface area contributed by atoms with Gasteiger partial charge in [0.1, 0.15) is 6.04 Å². The minimum Gasteiger partial charge on any atom is -0.347 e. The third-order valence-corrected chi connectivity index (χ3v) is 4.70. The van der Waals surface area contributed by atoms with E-state index in [1.54, 1.807) is 19.0 Å². The quantitative estimate of drug-likeness (QED) is 0.703. The summed E-state index contributed by atoms with van der Waals surface area (Å²) in [6.45, 7) is 2.08. The minimum atomic E-state index is -0.423. The molecule has 0 fully saturated rings. The van der Waals surface area contributed by atoms with Gasteiger partial charge in [-0.25, -0.2) is 0 Å². The maximum atomic E-state index is 13.0. The van der Waals surface area contributed by atoms with E-state index >= 15 is 0 Å². The highest BCUT2D eigenvalue weighted by Crippen LogP contribution is 2.27. The van der Waals surface area contributed by atoms with Crippen LogP contribution in [-0.4, -0.2) is 24.9 Å². The summed E-state index contributed by atoms with van der Waals surface area (Å²) in [7, 11) is 3.59. The molecule has 3 heteroatoms. The molecule has 0 aliphatic heterocycles. The zero-order chi connectivity index (χ0) is 19.2. The Morgan fingerprint density at radius 3 is 1.74 bits per heavy atom. The van der Waals surface area contributed by atoms with Gasteiger partial charge in [0.05, 0.1) is 6.04 Å². The Balaban J connectivity index is 2.02. The van der Waals surface area contributed by atoms with Crippen LogP contribution in [0.1, 0.15) is 34.3 Å². The monoisotopic (exact) mass is 358 g/mol. The third-order valence-electron chi connectivity index (χ3n) is 4.70. The number of aryl methyl sites for hydroxylation is 1. The van der Waals surface area contributed by atoms with E-state index in [1.807, 2.05) is 48.5 Å². The average molecular weight is 358 g/mol. The molecule has 3 aromatic rings. The van der Waals surface area contributed by atoms with Gasteiger partial charge in [-0.1, -0.05) is 90.5 Å². The fourth-order valence-electron chi connectivity index (χ4n) is 3.17. The average Bonchev–Trinajstić information content (AvgIpc) is 2.70. The topological polar surface area (TPSA) is 32.3 Å². The summed E-state index contributed by atoms with van der Waals surface area (Å²) in [6, 6.07) is 28.1. The predicted octanol–water partition coefficient (Wildman–Crippen LogP) is 4.50. The molecule has 2 atom stereocenters. The number of hydrogen-bond acceptors (Lipinski definition) is 2. The van der Waals surface area contributed by atoms with E-state index in [4.69, 9.17) is 0 Å². The van der Waals surface area contributed by atoms with Crippen LogP contribution in [0.2, 0.25) is 0 Å². The van der Waals surface area contributed by atoms with Crippen molar-refractivity contribution in [2.45, 2.75) is 19.0 Å². The summed E-state index contributed by atoms with van der Waals surface area (Å²) in [6.07, 6.45) is 0. The van der Waals surface area contributed by atoms with Crippen LogP contribution >= 0.6 is 0 Å². The molecule has 27 heavy (non-hydrogen) atoms. The second kappa shape index (κ2) is 8.65. The molecule has 0 unspecified atom stereocenters. The first-order valence-electron chi connectivity index (χ1n) is 9.20. The summed E-state index contributed by atoms with van der Waals surface area (Å²) < 4.78 is 0. The molecule has 3 aromatic carbocycles. The lowest BCUT2D eigenvalue weighted by Gasteiger charge is -2.28. The Morgan fingerprint density at radius 2 is 1.22 bits per heavy atom. The first kappa shape index (κ1) is 18.9. The second-order valence-electron chi connectivity index (χ2n) is 7.00. The van der Waals surface area contributed by atoms with E-state index in [2.05, 4.69) is 48.6 Å². The van der Waals surface area contributed by atoms with Crippen molar-refractivity contribution in [1.29, 1.82) is 0 Å². The number of carbonyl (C=O) groups excluding carboxylic acids is 1. The molecule has 0 saturated carbocycles. The second-order valence-corrected chi connectivity index (χ2v) is 7.00. The lowest BCUT2D eigenvalue weighted by Crippen LogP contribution is -2.39. The van der Waals surface area contributed by atoms with Crippen molar-refractivity contribution < 1.29 is 4.79 Å². The standard InChI is InChI=1S/C24H26N2O/c1-18-14-16-21(17-15-18)22(19-10-6-4-7-11-19)25-23(24(27)26(2)3)20-12-8-5-9-13-20/h4-17,22-23,25H,1-3H3/t22-,23-/m0/s1. The molecule has 1 amide bonds. The highest BCUT2D eigenvalue weighted by molar-refractivity contribution is 5.83. The summed E-state index contributed by atoms with van der Waals surface area (Å²) >= 11 is 0. The van der Waals surface area contributed by atoms with Crippen molar-refractivity contribution in [2.24, 2.45) is 0 Å². The minimum absolute atomic E-state index is 0.0363. The molecule has 0 heterocycles. The fraction of sp³-hybridized carbons (Fsp3) is 0.208. The van der Waals surface area contributed by atoms with Crippen molar-refractivity contribution >= 4 is 5.91 Å². The van der Waals surface area contributed by atoms with E-state index in [-0.39, 0.29) is 11.9 Å². The van der Waals surface area contributed by atoms with Crippen LogP contribution in [0, 0.1) is 6.92 Å². The molecule has 0 aliphatic carbocycles. The van der Waals surface area contributed by atoms with Crippen LogP contribution in [0.15, 0.2) is 84.9 Å². The maximum absolute atomic E-state index is 13.0. The zero-order valence-corrected chi connectivity index (χ0v) is 16.1. The van der Waals surface area contributed by atoms with Crippen molar-refractivity contribution in [3.05, 3.63) is 107 Å². The van der Waals surface area contributed by atoms with Gasteiger partial charge in [-0.2, -0.15) is 0 Å². The van der Waals surface area contributed by atoms with Crippen LogP contribution < -0.4 is 5.32 Å². The molecular formula is C24H26N2O. The van der Waals surface area contributed by atoms with Gasteiger partial charge in [0.2, 0.25) is 5.91 Å². The van der Waals surface area contributed by atoms with Gasteiger partial charge in [0, 0.05) is 14.1 Å². The number of likely N-dealkylation sites (N-methyl/N-ethyl adjacent to an activating group) is 1. The van der Waals surface area contributed by atoms with Crippen molar-refractivity contribution in [3.8, 4) is 0 Å². The van der Waals surface area contributed by atoms with Crippen LogP contribution in [0.5, 0.6) is 0 Å². The Hall–Kier alpha value is -2.91. The van der Waals surface area contributed by atoms with Gasteiger partial charge in [0.25, 0.3) is 0 Å². The van der Waals surface area contributed by atoms with Crippen molar-refractivity contribution in [1.82, 2.24) is 10.2 Å². The molecule has 0 aromatic heterocycles. The van der Waals surface area contributed by atoms with Gasteiger partial charge < -0.3 is 4.90 Å². The van der Waals surface area contributed by atoms with Gasteiger partial charge in [-0.15, -0.1) is 0 Å². The van der Waals surface area contributed by atoms with Crippen LogP contribution in [0.3, 0.4) is 0 Å². The normalized spacial score (nSPS) is 13.0. The number of rotatable bonds is 6. The molecule has 0 saturated heterocycles. The third kappa shape index (κ3) is 4.63. The SMILES string of the molecule is Cc1ccc([C@@H](N[C@H](C(=O)N(C)C)c2ccccc2)c2ccccc2)cc1. The first-order chi connectivity index (χ1) is 13.1. The lowest BCUT2D eigenvalue weighted by molar-refractivity contribution is -0.131. The van der Waals surface area contributed by atoms with E-state index < -0.39 is 6.04 Å². The molecular weight excluding hydrogens is 332 g/mol. The summed E-state index contributed by atoms with van der Waals surface area (Å²) in [5.74, 6) is 0.0363. The lowest BCUT2D eigenvalue weighted by atomic mass is 9.95. The number of amides is 1. The number of benzene rings is 3. The number of hydrogen-bond donors (Lipinski definition) is 1. The van der Waals surface area contributed by atoms with Gasteiger partial charge in [-0.3, -0.25) is 10.1 Å². The van der Waals surface area contributed by atoms with Gasteiger partial charge >= 0.3 is 0 Å². The van der Waals surface area contributed by atoms with Crippen molar-refractivity contribution in [2.75, 3.05) is 14.1 Å². The Labute approximate surface area is 161 Å². The molecule has 138 valence electrons. The summed E-state index contributed by atoms with van der Waals surface area (Å²) in [5.41, 5.74) is 4.45. The predicted molar refractivity (Wildman–Crippen MR) is 110 cm³/mol. The molecule has 3 nitrogen and oxygen atoms in total. The Bertz CT molecular complexity index is 858. The fourth-order valence-corrected chi connectivity index (χ4v) is 3.17. The molecule has 0 radical (unpaired) electrons. The Kier molecular flexibility index (Phi) is 6.05. The van der Waals surface area contributed by atoms with Gasteiger partial charge in [-0.05, 0) is 23.6 Å². The largest absolute Gasteiger partial charge is 0.347 e. The highest BCUT2D eigenvalue weighted by Gasteiger charge is 2.26. The van der Waals surface area contributed by atoms with Crippen molar-refractivity contribution in [3.63, 3.8) is 0 Å². The number of carbonyl (C=O) groups is 1. The van der Waals surface area contributed by atoms with Crippen LogP contribution in [0.25, 0.3) is 0 Å². The van der Waals surface area contributed by atoms with Gasteiger partial charge in [0.15, 0.2) is 0 Å². The molecule has 0 bridgehead atoms. The van der Waals surface area contributed by atoms with Crippen LogP contribution in [0.4, 0.5) is 0 Å². The summed E-state index contributed by atoms with van der Waals surface area (Å²) in [5, 5.41) is 3.61. The Morgan fingerprint density at radius 1 is 0.741 bits per heavy atom. The van der Waals surface area contributed by atoms with E-state index in [0.717, 1.165) is 16.7 Å². The number of nitrogens with zero attached hydrogens (tertiary/aromatic N) is 1. The molecule has 1 N–H and O–H groups in total. The first-order valence-corrected chi connectivity index (χ1v) is 9.20. The smallest absolute Gasteiger partial charge is 0.243 e. The van der Waals surface area contributed by atoms with E-state index in [1.165, 1.54) is 5.56 Å². The summed E-state index contributed by atoms with van der Waals surface area (Å²) in [4.78, 5) is 14.6.